The molecule has 3 rings (SSSR count). The highest BCUT2D eigenvalue weighted by Gasteiger charge is 2.16. The number of ether oxygens (including phenoxy) is 2. The van der Waals surface area contributed by atoms with Crippen LogP contribution >= 0.6 is 0 Å². The van der Waals surface area contributed by atoms with E-state index in [4.69, 9.17) is 4.74 Å². The number of benzene rings is 3. The fourth-order valence-corrected chi connectivity index (χ4v) is 3.87. The average molecular weight is 461 g/mol. The number of carbonyl (C=O) groups excluding carboxylic acids is 1. The van der Waals surface area contributed by atoms with Gasteiger partial charge in [0.25, 0.3) is 5.91 Å². The molecule has 0 radical (unpaired) electrons. The Balaban J connectivity index is 1.88. The van der Waals surface area contributed by atoms with Gasteiger partial charge in [-0.15, -0.1) is 0 Å². The lowest BCUT2D eigenvalue weighted by Gasteiger charge is -2.14. The van der Waals surface area contributed by atoms with Crippen molar-refractivity contribution in [2.24, 2.45) is 0 Å². The minimum atomic E-state index is -3.37. The zero-order valence-corrected chi connectivity index (χ0v) is 18.2. The van der Waals surface area contributed by atoms with Crippen molar-refractivity contribution in [1.82, 2.24) is 0 Å². The molecule has 6 nitrogen and oxygen atoms in total. The van der Waals surface area contributed by atoms with E-state index in [1.165, 1.54) is 56.5 Å². The van der Waals surface area contributed by atoms with E-state index in [0.717, 1.165) is 0 Å². The number of alkyl halides is 2. The summed E-state index contributed by atoms with van der Waals surface area (Å²) < 4.78 is 59.3. The first-order chi connectivity index (χ1) is 15.2. The second-order valence-electron chi connectivity index (χ2n) is 6.70. The van der Waals surface area contributed by atoms with Gasteiger partial charge in [-0.05, 0) is 60.2 Å². The number of carbonyl (C=O) groups is 1. The first kappa shape index (κ1) is 23.2. The van der Waals surface area contributed by atoms with Crippen molar-refractivity contribution in [2.75, 3.05) is 18.2 Å². The van der Waals surface area contributed by atoms with Crippen molar-refractivity contribution in [3.8, 4) is 22.6 Å². The summed E-state index contributed by atoms with van der Waals surface area (Å²) in [7, 11) is -1.86. The maximum absolute atomic E-state index is 12.9. The van der Waals surface area contributed by atoms with Gasteiger partial charge >= 0.3 is 6.61 Å². The highest BCUT2D eigenvalue weighted by molar-refractivity contribution is 7.91. The van der Waals surface area contributed by atoms with Crippen molar-refractivity contribution < 1.29 is 31.5 Å². The van der Waals surface area contributed by atoms with E-state index in [-0.39, 0.29) is 22.0 Å². The van der Waals surface area contributed by atoms with Crippen molar-refractivity contribution in [3.63, 3.8) is 0 Å². The molecule has 32 heavy (non-hydrogen) atoms. The van der Waals surface area contributed by atoms with Gasteiger partial charge in [0.05, 0.1) is 17.8 Å². The fraction of sp³-hybridized carbons (Fsp3) is 0.174. The topological polar surface area (TPSA) is 81.7 Å². The molecule has 0 heterocycles. The minimum absolute atomic E-state index is 0.0419. The van der Waals surface area contributed by atoms with Gasteiger partial charge in [-0.3, -0.25) is 4.79 Å². The van der Waals surface area contributed by atoms with Gasteiger partial charge in [0, 0.05) is 16.8 Å². The molecule has 0 aliphatic rings. The van der Waals surface area contributed by atoms with E-state index < -0.39 is 22.4 Å². The summed E-state index contributed by atoms with van der Waals surface area (Å²) in [6, 6.07) is 16.6. The molecule has 1 amide bonds. The molecule has 3 aromatic rings. The van der Waals surface area contributed by atoms with Gasteiger partial charge in [0.2, 0.25) is 0 Å². The number of sulfone groups is 1. The highest BCUT2D eigenvalue weighted by Crippen LogP contribution is 2.34. The number of methoxy groups -OCH3 is 1. The molecule has 168 valence electrons. The third-order valence-corrected chi connectivity index (χ3v) is 6.46. The van der Waals surface area contributed by atoms with Crippen LogP contribution < -0.4 is 14.8 Å². The van der Waals surface area contributed by atoms with Gasteiger partial charge in [-0.1, -0.05) is 19.1 Å². The van der Waals surface area contributed by atoms with Gasteiger partial charge in [0.1, 0.15) is 11.5 Å². The number of halogens is 2. The van der Waals surface area contributed by atoms with Crippen molar-refractivity contribution in [2.45, 2.75) is 18.4 Å². The molecule has 3 aromatic carbocycles. The maximum Gasteiger partial charge on any atom is 0.387 e. The maximum atomic E-state index is 12.9. The Morgan fingerprint density at radius 2 is 1.66 bits per heavy atom. The van der Waals surface area contributed by atoms with E-state index in [0.29, 0.717) is 22.6 Å². The van der Waals surface area contributed by atoms with Gasteiger partial charge in [-0.2, -0.15) is 8.78 Å². The first-order valence-electron chi connectivity index (χ1n) is 9.61. The molecule has 0 saturated heterocycles. The van der Waals surface area contributed by atoms with Crippen molar-refractivity contribution in [1.29, 1.82) is 0 Å². The summed E-state index contributed by atoms with van der Waals surface area (Å²) in [6.45, 7) is -1.47. The van der Waals surface area contributed by atoms with Crippen LogP contribution in [0.3, 0.4) is 0 Å². The number of hydrogen-bond donors (Lipinski definition) is 1. The highest BCUT2D eigenvalue weighted by atomic mass is 32.2. The molecule has 0 bridgehead atoms. The third-order valence-electron chi connectivity index (χ3n) is 4.71. The zero-order valence-electron chi connectivity index (χ0n) is 17.3. The molecule has 0 aromatic heterocycles. The number of amides is 1. The van der Waals surface area contributed by atoms with E-state index in [1.54, 1.807) is 24.3 Å². The standard InChI is InChI=1S/C23H21F2NO5S/c1-3-32(28,29)19-11-6-16(7-12-19)22(27)26-17-8-13-21(31-23(24)25)20(14-17)15-4-9-18(30-2)10-5-15/h4-14,23H,3H2,1-2H3,(H,26,27). The number of rotatable bonds is 8. The van der Waals surface area contributed by atoms with Gasteiger partial charge in [-0.25, -0.2) is 8.42 Å². The fourth-order valence-electron chi connectivity index (χ4n) is 2.99. The number of hydrogen-bond acceptors (Lipinski definition) is 5. The molecule has 0 aliphatic heterocycles. The van der Waals surface area contributed by atoms with Crippen LogP contribution in [0.2, 0.25) is 0 Å². The Morgan fingerprint density at radius 3 is 2.22 bits per heavy atom. The zero-order chi connectivity index (χ0) is 23.3. The summed E-state index contributed by atoms with van der Waals surface area (Å²) in [4.78, 5) is 12.7. The second-order valence-corrected chi connectivity index (χ2v) is 8.98. The summed E-state index contributed by atoms with van der Waals surface area (Å²) in [5.41, 5.74) is 1.55. The Morgan fingerprint density at radius 1 is 1.00 bits per heavy atom. The number of nitrogens with one attached hydrogen (secondary N) is 1. The molecule has 0 atom stereocenters. The second kappa shape index (κ2) is 9.78. The van der Waals surface area contributed by atoms with Crippen LogP contribution in [0.5, 0.6) is 11.5 Å². The summed E-state index contributed by atoms with van der Waals surface area (Å²) in [6.07, 6.45) is 0. The van der Waals surface area contributed by atoms with E-state index >= 15 is 0 Å². The molecule has 0 spiro atoms. The quantitative estimate of drug-likeness (QED) is 0.510. The molecule has 9 heteroatoms. The predicted molar refractivity (Wildman–Crippen MR) is 117 cm³/mol. The van der Waals surface area contributed by atoms with E-state index in [2.05, 4.69) is 10.1 Å². The molecule has 0 fully saturated rings. The molecular formula is C23H21F2NO5S. The first-order valence-corrected chi connectivity index (χ1v) is 11.3. The lowest BCUT2D eigenvalue weighted by molar-refractivity contribution is -0.0494. The Hall–Kier alpha value is -3.46. The molecule has 1 N–H and O–H groups in total. The minimum Gasteiger partial charge on any atom is -0.497 e. The van der Waals surface area contributed by atoms with Crippen LogP contribution in [0.15, 0.2) is 71.6 Å². The lowest BCUT2D eigenvalue weighted by Crippen LogP contribution is -2.13. The Labute approximate surface area is 184 Å². The number of anilines is 1. The van der Waals surface area contributed by atoms with Gasteiger partial charge in [0.15, 0.2) is 9.84 Å². The van der Waals surface area contributed by atoms with Crippen LogP contribution in [0.1, 0.15) is 17.3 Å². The summed E-state index contributed by atoms with van der Waals surface area (Å²) >= 11 is 0. The van der Waals surface area contributed by atoms with E-state index in [1.807, 2.05) is 0 Å². The molecular weight excluding hydrogens is 440 g/mol. The monoisotopic (exact) mass is 461 g/mol. The summed E-state index contributed by atoms with van der Waals surface area (Å²) in [5, 5.41) is 2.69. The summed E-state index contributed by atoms with van der Waals surface area (Å²) in [5.74, 6) is 0.0358. The lowest BCUT2D eigenvalue weighted by atomic mass is 10.0. The SMILES string of the molecule is CCS(=O)(=O)c1ccc(C(=O)Nc2ccc(OC(F)F)c(-c3ccc(OC)cc3)c2)cc1. The van der Waals surface area contributed by atoms with Gasteiger partial charge < -0.3 is 14.8 Å². The molecule has 0 unspecified atom stereocenters. The van der Waals surface area contributed by atoms with Crippen molar-refractivity contribution >= 4 is 21.4 Å². The average Bonchev–Trinajstić information content (AvgIpc) is 2.80. The third kappa shape index (κ3) is 5.42. The van der Waals surface area contributed by atoms with Crippen LogP contribution in [0, 0.1) is 0 Å². The smallest absolute Gasteiger partial charge is 0.387 e. The Bertz CT molecular complexity index is 1190. The largest absolute Gasteiger partial charge is 0.497 e. The van der Waals surface area contributed by atoms with Crippen LogP contribution in [-0.2, 0) is 9.84 Å². The molecule has 0 aliphatic carbocycles. The normalized spacial score (nSPS) is 11.3. The molecule has 0 saturated carbocycles. The van der Waals surface area contributed by atoms with Crippen molar-refractivity contribution in [3.05, 3.63) is 72.3 Å². The Kier molecular flexibility index (Phi) is 7.09. The predicted octanol–water partition coefficient (Wildman–Crippen LogP) is 5.01. The van der Waals surface area contributed by atoms with Crippen LogP contribution in [-0.4, -0.2) is 33.8 Å². The van der Waals surface area contributed by atoms with E-state index in [9.17, 15) is 22.0 Å². The van der Waals surface area contributed by atoms with Crippen LogP contribution in [0.4, 0.5) is 14.5 Å². The van der Waals surface area contributed by atoms with Crippen LogP contribution in [0.25, 0.3) is 11.1 Å².